The van der Waals surface area contributed by atoms with E-state index >= 15 is 4.39 Å². The van der Waals surface area contributed by atoms with E-state index in [1.54, 1.807) is 23.1 Å². The zero-order valence-corrected chi connectivity index (χ0v) is 20.4. The first kappa shape index (κ1) is 25.8. The van der Waals surface area contributed by atoms with Gasteiger partial charge in [0.25, 0.3) is 0 Å². The second-order valence-corrected chi connectivity index (χ2v) is 9.30. The Morgan fingerprint density at radius 3 is 2.80 bits per heavy atom. The number of hydrogen-bond acceptors (Lipinski definition) is 4. The zero-order chi connectivity index (χ0) is 24.9. The fraction of sp³-hybridized carbons (Fsp3) is 0.462. The molecule has 0 bridgehead atoms. The minimum atomic E-state index is -2.27. The maximum atomic E-state index is 15.5. The predicted octanol–water partition coefficient (Wildman–Crippen LogP) is 5.46. The molecule has 0 radical (unpaired) electrons. The Balaban J connectivity index is 1.70. The average molecular weight is 510 g/mol. The molecular weight excluding hydrogens is 479 g/mol. The van der Waals surface area contributed by atoms with E-state index in [4.69, 9.17) is 16.3 Å². The molecule has 0 aliphatic carbocycles. The molecule has 1 aliphatic rings. The molecule has 0 amide bonds. The van der Waals surface area contributed by atoms with E-state index in [0.29, 0.717) is 48.9 Å². The maximum Gasteiger partial charge on any atom is 0.200 e. The molecule has 1 aromatic heterocycles. The van der Waals surface area contributed by atoms with Crippen molar-refractivity contribution in [3.05, 3.63) is 64.3 Å². The number of aromatic nitrogens is 1. The molecule has 0 saturated heterocycles. The van der Waals surface area contributed by atoms with E-state index in [9.17, 15) is 13.9 Å². The molecule has 1 aliphatic heterocycles. The second-order valence-electron chi connectivity index (χ2n) is 8.89. The third kappa shape index (κ3) is 5.77. The molecule has 3 aromatic rings. The lowest BCUT2D eigenvalue weighted by Gasteiger charge is -2.43. The summed E-state index contributed by atoms with van der Waals surface area (Å²) in [5, 5.41) is 13.9. The summed E-state index contributed by atoms with van der Waals surface area (Å²) >= 11 is 6.65. The largest absolute Gasteiger partial charge is 0.492 e. The highest BCUT2D eigenvalue weighted by Crippen LogP contribution is 2.45. The lowest BCUT2D eigenvalue weighted by molar-refractivity contribution is -0.0551. The van der Waals surface area contributed by atoms with Crippen LogP contribution in [0.15, 0.2) is 42.5 Å². The van der Waals surface area contributed by atoms with Gasteiger partial charge in [0.1, 0.15) is 12.4 Å². The van der Waals surface area contributed by atoms with Gasteiger partial charge >= 0.3 is 0 Å². The van der Waals surface area contributed by atoms with E-state index in [1.807, 2.05) is 31.2 Å². The van der Waals surface area contributed by atoms with Crippen molar-refractivity contribution in [2.24, 2.45) is 0 Å². The predicted molar refractivity (Wildman–Crippen MR) is 132 cm³/mol. The van der Waals surface area contributed by atoms with Gasteiger partial charge in [-0.3, -0.25) is 9.29 Å². The Morgan fingerprint density at radius 1 is 1.23 bits per heavy atom. The Bertz CT molecular complexity index is 1130. The molecule has 0 saturated carbocycles. The summed E-state index contributed by atoms with van der Waals surface area (Å²) in [5.74, 6) is 0.563. The van der Waals surface area contributed by atoms with Gasteiger partial charge in [-0.1, -0.05) is 29.8 Å². The quantitative estimate of drug-likeness (QED) is 0.237. The minimum absolute atomic E-state index is 0.277. The second kappa shape index (κ2) is 11.6. The van der Waals surface area contributed by atoms with Crippen LogP contribution in [-0.2, 0) is 6.42 Å². The lowest BCUT2D eigenvalue weighted by Crippen LogP contribution is -2.47. The zero-order valence-electron chi connectivity index (χ0n) is 19.6. The third-order valence-electron chi connectivity index (χ3n) is 6.44. The number of nitrogens with one attached hydrogen (secondary N) is 2. The van der Waals surface area contributed by atoms with Crippen molar-refractivity contribution in [1.29, 1.82) is 0 Å². The average Bonchev–Trinajstić information content (AvgIpc) is 3.19. The van der Waals surface area contributed by atoms with Gasteiger partial charge in [-0.05, 0) is 61.7 Å². The number of fused-ring (bicyclic) bond motifs is 3. The van der Waals surface area contributed by atoms with Crippen molar-refractivity contribution in [2.75, 3.05) is 26.4 Å². The van der Waals surface area contributed by atoms with Crippen LogP contribution < -0.4 is 10.1 Å². The summed E-state index contributed by atoms with van der Waals surface area (Å²) < 4.78 is 47.0. The van der Waals surface area contributed by atoms with Crippen molar-refractivity contribution in [3.8, 4) is 5.75 Å². The van der Waals surface area contributed by atoms with Crippen molar-refractivity contribution >= 4 is 22.5 Å². The highest BCUT2D eigenvalue weighted by molar-refractivity contribution is 6.31. The normalized spacial score (nSPS) is 20.1. The summed E-state index contributed by atoms with van der Waals surface area (Å²) in [7, 11) is 0. The smallest absolute Gasteiger partial charge is 0.200 e. The van der Waals surface area contributed by atoms with Crippen molar-refractivity contribution in [2.45, 2.75) is 50.9 Å². The Labute approximate surface area is 208 Å². The molecular formula is C26H31ClF3N3O2. The highest BCUT2D eigenvalue weighted by Gasteiger charge is 2.41. The molecule has 35 heavy (non-hydrogen) atoms. The van der Waals surface area contributed by atoms with E-state index < -0.39 is 25.1 Å². The van der Waals surface area contributed by atoms with E-state index in [1.165, 1.54) is 0 Å². The fourth-order valence-corrected chi connectivity index (χ4v) is 5.11. The van der Waals surface area contributed by atoms with Gasteiger partial charge in [0.15, 0.2) is 12.7 Å². The molecule has 0 fully saturated rings. The van der Waals surface area contributed by atoms with Crippen LogP contribution in [0.2, 0.25) is 5.02 Å². The maximum absolute atomic E-state index is 15.5. The van der Waals surface area contributed by atoms with Gasteiger partial charge in [0.2, 0.25) is 0 Å². The van der Waals surface area contributed by atoms with Crippen LogP contribution in [0.1, 0.15) is 42.6 Å². The number of hydrogen-bond donors (Lipinski definition) is 3. The number of halogens is 4. The van der Waals surface area contributed by atoms with Crippen LogP contribution in [0.3, 0.4) is 0 Å². The van der Waals surface area contributed by atoms with Crippen LogP contribution in [0, 0.1) is 0 Å². The lowest BCUT2D eigenvalue weighted by atomic mass is 9.88. The molecule has 5 nitrogen and oxygen atoms in total. The van der Waals surface area contributed by atoms with Crippen LogP contribution in [-0.4, -0.2) is 60.1 Å². The van der Waals surface area contributed by atoms with Crippen LogP contribution in [0.25, 0.3) is 10.9 Å². The van der Waals surface area contributed by atoms with Gasteiger partial charge in [0, 0.05) is 40.6 Å². The van der Waals surface area contributed by atoms with E-state index in [2.05, 4.69) is 10.3 Å². The minimum Gasteiger partial charge on any atom is -0.492 e. The number of aliphatic hydroxyl groups is 1. The first-order valence-electron chi connectivity index (χ1n) is 11.9. The Hall–Kier alpha value is -2.26. The first-order valence-corrected chi connectivity index (χ1v) is 12.3. The number of aromatic amines is 1. The number of benzene rings is 2. The number of para-hydroxylation sites is 1. The number of rotatable bonds is 11. The molecule has 2 heterocycles. The number of alkyl halides is 3. The fourth-order valence-electron chi connectivity index (χ4n) is 4.89. The summed E-state index contributed by atoms with van der Waals surface area (Å²) in [5.41, 5.74) is 3.43. The molecule has 2 unspecified atom stereocenters. The van der Waals surface area contributed by atoms with E-state index in [0.717, 1.165) is 22.2 Å². The van der Waals surface area contributed by atoms with Gasteiger partial charge < -0.3 is 20.1 Å². The summed E-state index contributed by atoms with van der Waals surface area (Å²) in [6.07, 6.45) is -3.64. The van der Waals surface area contributed by atoms with Gasteiger partial charge in [0.05, 0.1) is 12.7 Å². The van der Waals surface area contributed by atoms with Gasteiger partial charge in [-0.2, -0.15) is 0 Å². The van der Waals surface area contributed by atoms with Crippen LogP contribution in [0.5, 0.6) is 5.75 Å². The SMILES string of the molecule is C[C@@H]1Cc2c([nH]c3ccccc23)[C@@H](c2cc(OCCNCCCF)ccc2Cl)N1C(F)CC(O)F. The topological polar surface area (TPSA) is 60.5 Å². The molecule has 9 heteroatoms. The van der Waals surface area contributed by atoms with Gasteiger partial charge in [-0.15, -0.1) is 0 Å². The Morgan fingerprint density at radius 2 is 2.03 bits per heavy atom. The van der Waals surface area contributed by atoms with Crippen LogP contribution in [0.4, 0.5) is 13.2 Å². The molecule has 4 atom stereocenters. The Kier molecular flexibility index (Phi) is 8.59. The van der Waals surface area contributed by atoms with Crippen molar-refractivity contribution in [1.82, 2.24) is 15.2 Å². The molecule has 2 aromatic carbocycles. The number of aliphatic hydroxyl groups excluding tert-OH is 1. The van der Waals surface area contributed by atoms with Crippen molar-refractivity contribution in [3.63, 3.8) is 0 Å². The summed E-state index contributed by atoms with van der Waals surface area (Å²) in [6.45, 7) is 3.02. The first-order chi connectivity index (χ1) is 16.9. The standard InChI is InChI=1S/C26H31ClF3N3O2/c1-16-13-19-18-5-2-3-6-22(18)32-25(19)26(33(16)23(29)15-24(30)34)20-14-17(7-8-21(20)27)35-12-11-31-10-4-9-28/h2-3,5-8,14,16,23-24,26,31-32,34H,4,9-13,15H2,1H3/t16-,23?,24?,26-/m1/s1. The molecule has 4 rings (SSSR count). The molecule has 3 N–H and O–H groups in total. The van der Waals surface area contributed by atoms with E-state index in [-0.39, 0.29) is 12.7 Å². The highest BCUT2D eigenvalue weighted by atomic mass is 35.5. The summed E-state index contributed by atoms with van der Waals surface area (Å²) in [4.78, 5) is 5.01. The van der Waals surface area contributed by atoms with Crippen molar-refractivity contribution < 1.29 is 23.0 Å². The third-order valence-corrected chi connectivity index (χ3v) is 6.78. The molecule has 0 spiro atoms. The molecule has 190 valence electrons. The summed E-state index contributed by atoms with van der Waals surface area (Å²) in [6, 6.07) is 12.2. The monoisotopic (exact) mass is 509 g/mol. The number of ether oxygens (including phenoxy) is 1. The van der Waals surface area contributed by atoms with Crippen LogP contribution >= 0.6 is 11.6 Å². The van der Waals surface area contributed by atoms with Gasteiger partial charge in [-0.25, -0.2) is 8.78 Å². The number of H-pyrrole nitrogens is 1. The number of nitrogens with zero attached hydrogens (tertiary/aromatic N) is 1.